The van der Waals surface area contributed by atoms with E-state index in [-0.39, 0.29) is 17.4 Å². The summed E-state index contributed by atoms with van der Waals surface area (Å²) in [7, 11) is 1.65. The lowest BCUT2D eigenvalue weighted by atomic mass is 9.95. The number of rotatable bonds is 5. The molecule has 1 aliphatic rings. The Morgan fingerprint density at radius 3 is 2.62 bits per heavy atom. The molecule has 1 aliphatic heterocycles. The first-order chi connectivity index (χ1) is 12.4. The van der Waals surface area contributed by atoms with Crippen molar-refractivity contribution in [3.05, 3.63) is 47.9 Å². The molecule has 138 valence electrons. The quantitative estimate of drug-likeness (QED) is 0.893. The van der Waals surface area contributed by atoms with Crippen molar-refractivity contribution in [3.63, 3.8) is 0 Å². The van der Waals surface area contributed by atoms with Crippen molar-refractivity contribution in [2.45, 2.75) is 45.3 Å². The lowest BCUT2D eigenvalue weighted by molar-refractivity contribution is -0.117. The fraction of sp³-hybridized carbons (Fsp3) is 0.450. The van der Waals surface area contributed by atoms with Gasteiger partial charge in [0.05, 0.1) is 18.3 Å². The average molecular weight is 354 g/mol. The average Bonchev–Trinajstić information content (AvgIpc) is 2.95. The highest BCUT2D eigenvalue weighted by Crippen LogP contribution is 2.25. The Kier molecular flexibility index (Phi) is 5.23. The topological polar surface area (TPSA) is 67.3 Å². The SMILES string of the molecule is COCc1cc(NC2CC(=O)N(c3ccccc3)C2)nc(C(C)(C)C)n1. The molecule has 6 nitrogen and oxygen atoms in total. The van der Waals surface area contributed by atoms with E-state index in [2.05, 4.69) is 36.1 Å². The van der Waals surface area contributed by atoms with Crippen LogP contribution in [0.4, 0.5) is 11.5 Å². The van der Waals surface area contributed by atoms with Crippen molar-refractivity contribution in [2.24, 2.45) is 0 Å². The van der Waals surface area contributed by atoms with Gasteiger partial charge in [0.15, 0.2) is 0 Å². The first kappa shape index (κ1) is 18.3. The summed E-state index contributed by atoms with van der Waals surface area (Å²) in [6.07, 6.45) is 0.448. The van der Waals surface area contributed by atoms with Crippen LogP contribution in [-0.4, -0.2) is 35.6 Å². The fourth-order valence-corrected chi connectivity index (χ4v) is 3.00. The molecular weight excluding hydrogens is 328 g/mol. The summed E-state index contributed by atoms with van der Waals surface area (Å²) in [5.74, 6) is 1.62. The van der Waals surface area contributed by atoms with E-state index in [9.17, 15) is 4.79 Å². The van der Waals surface area contributed by atoms with Gasteiger partial charge in [-0.1, -0.05) is 39.0 Å². The van der Waals surface area contributed by atoms with Gasteiger partial charge in [0, 0.05) is 37.2 Å². The van der Waals surface area contributed by atoms with Crippen molar-refractivity contribution >= 4 is 17.4 Å². The Hall–Kier alpha value is -2.47. The van der Waals surface area contributed by atoms with Gasteiger partial charge in [0.1, 0.15) is 11.6 Å². The van der Waals surface area contributed by atoms with Gasteiger partial charge >= 0.3 is 0 Å². The molecule has 1 saturated heterocycles. The highest BCUT2D eigenvalue weighted by molar-refractivity contribution is 5.96. The molecule has 1 aromatic heterocycles. The normalized spacial score (nSPS) is 17.6. The van der Waals surface area contributed by atoms with Gasteiger partial charge in [0.25, 0.3) is 0 Å². The van der Waals surface area contributed by atoms with Crippen LogP contribution < -0.4 is 10.2 Å². The van der Waals surface area contributed by atoms with Crippen molar-refractivity contribution in [1.29, 1.82) is 0 Å². The van der Waals surface area contributed by atoms with Crippen molar-refractivity contribution in [3.8, 4) is 0 Å². The van der Waals surface area contributed by atoms with Crippen LogP contribution in [-0.2, 0) is 21.6 Å². The minimum atomic E-state index is -0.165. The van der Waals surface area contributed by atoms with Crippen LogP contribution in [0.2, 0.25) is 0 Å². The second-order valence-corrected chi connectivity index (χ2v) is 7.64. The predicted octanol–water partition coefficient (Wildman–Crippen LogP) is 3.14. The van der Waals surface area contributed by atoms with Crippen LogP contribution in [0.15, 0.2) is 36.4 Å². The second kappa shape index (κ2) is 7.41. The summed E-state index contributed by atoms with van der Waals surface area (Å²) in [6, 6.07) is 11.7. The van der Waals surface area contributed by atoms with Gasteiger partial charge in [-0.15, -0.1) is 0 Å². The van der Waals surface area contributed by atoms with Gasteiger partial charge in [-0.25, -0.2) is 9.97 Å². The molecule has 1 unspecified atom stereocenters. The maximum Gasteiger partial charge on any atom is 0.229 e. The number of carbonyl (C=O) groups is 1. The Balaban J connectivity index is 1.78. The van der Waals surface area contributed by atoms with E-state index in [4.69, 9.17) is 4.74 Å². The van der Waals surface area contributed by atoms with Crippen LogP contribution in [0.5, 0.6) is 0 Å². The molecular formula is C20H26N4O2. The summed E-state index contributed by atoms with van der Waals surface area (Å²) in [6.45, 7) is 7.30. The van der Waals surface area contributed by atoms with Crippen LogP contribution in [0.3, 0.4) is 0 Å². The predicted molar refractivity (Wildman–Crippen MR) is 102 cm³/mol. The Morgan fingerprint density at radius 1 is 1.23 bits per heavy atom. The minimum absolute atomic E-state index is 0.0146. The number of anilines is 2. The number of amides is 1. The highest BCUT2D eigenvalue weighted by Gasteiger charge is 2.31. The number of methoxy groups -OCH3 is 1. The molecule has 26 heavy (non-hydrogen) atoms. The Labute approximate surface area is 154 Å². The molecule has 1 aromatic carbocycles. The van der Waals surface area contributed by atoms with Crippen molar-refractivity contribution in [2.75, 3.05) is 23.9 Å². The van der Waals surface area contributed by atoms with Gasteiger partial charge in [-0.2, -0.15) is 0 Å². The third kappa shape index (κ3) is 4.19. The summed E-state index contributed by atoms with van der Waals surface area (Å²) >= 11 is 0. The molecule has 0 saturated carbocycles. The van der Waals surface area contributed by atoms with Crippen molar-refractivity contribution < 1.29 is 9.53 Å². The van der Waals surface area contributed by atoms with Crippen molar-refractivity contribution in [1.82, 2.24) is 9.97 Å². The zero-order chi connectivity index (χ0) is 18.7. The monoisotopic (exact) mass is 354 g/mol. The molecule has 1 atom stereocenters. The van der Waals surface area contributed by atoms with Crippen LogP contribution in [0.25, 0.3) is 0 Å². The summed E-state index contributed by atoms with van der Waals surface area (Å²) < 4.78 is 5.23. The third-order valence-corrected chi connectivity index (χ3v) is 4.29. The molecule has 2 aromatic rings. The van der Waals surface area contributed by atoms with Gasteiger partial charge in [0.2, 0.25) is 5.91 Å². The molecule has 6 heteroatoms. The van der Waals surface area contributed by atoms with E-state index in [0.717, 1.165) is 23.0 Å². The maximum absolute atomic E-state index is 12.4. The Bertz CT molecular complexity index is 771. The standard InChI is InChI=1S/C20H26N4O2/c1-20(2,3)19-22-15(13-26-4)10-17(23-19)21-14-11-18(25)24(12-14)16-8-6-5-7-9-16/h5-10,14H,11-13H2,1-4H3,(H,21,22,23). The molecule has 1 amide bonds. The van der Waals surface area contributed by atoms with Crippen LogP contribution in [0, 0.1) is 0 Å². The van der Waals surface area contributed by atoms with E-state index in [1.54, 1.807) is 7.11 Å². The number of ether oxygens (including phenoxy) is 1. The molecule has 1 N–H and O–H groups in total. The molecule has 0 radical (unpaired) electrons. The summed E-state index contributed by atoms with van der Waals surface area (Å²) in [4.78, 5) is 23.5. The van der Waals surface area contributed by atoms with Gasteiger partial charge in [-0.3, -0.25) is 4.79 Å². The molecule has 0 aliphatic carbocycles. The fourth-order valence-electron chi connectivity index (χ4n) is 3.00. The number of para-hydroxylation sites is 1. The van der Waals surface area contributed by atoms with Crippen LogP contribution in [0.1, 0.15) is 38.7 Å². The number of nitrogens with zero attached hydrogens (tertiary/aromatic N) is 3. The first-order valence-corrected chi connectivity index (χ1v) is 8.86. The lowest BCUT2D eigenvalue weighted by Gasteiger charge is -2.21. The molecule has 3 rings (SSSR count). The van der Waals surface area contributed by atoms with Gasteiger partial charge < -0.3 is 15.0 Å². The third-order valence-electron chi connectivity index (χ3n) is 4.29. The van der Waals surface area contributed by atoms with E-state index in [1.165, 1.54) is 0 Å². The lowest BCUT2D eigenvalue weighted by Crippen LogP contribution is -2.28. The minimum Gasteiger partial charge on any atom is -0.378 e. The van der Waals surface area contributed by atoms with E-state index in [0.29, 0.717) is 19.6 Å². The van der Waals surface area contributed by atoms with E-state index >= 15 is 0 Å². The van der Waals surface area contributed by atoms with E-state index < -0.39 is 0 Å². The zero-order valence-corrected chi connectivity index (χ0v) is 15.8. The highest BCUT2D eigenvalue weighted by atomic mass is 16.5. The second-order valence-electron chi connectivity index (χ2n) is 7.64. The molecule has 0 bridgehead atoms. The number of hydrogen-bond acceptors (Lipinski definition) is 5. The summed E-state index contributed by atoms with van der Waals surface area (Å²) in [5.41, 5.74) is 1.60. The Morgan fingerprint density at radius 2 is 1.96 bits per heavy atom. The zero-order valence-electron chi connectivity index (χ0n) is 15.8. The van der Waals surface area contributed by atoms with Crippen LogP contribution >= 0.6 is 0 Å². The number of benzene rings is 1. The summed E-state index contributed by atoms with van der Waals surface area (Å²) in [5, 5.41) is 3.41. The number of aromatic nitrogens is 2. The van der Waals surface area contributed by atoms with Gasteiger partial charge in [-0.05, 0) is 12.1 Å². The molecule has 2 heterocycles. The molecule has 0 spiro atoms. The number of nitrogens with one attached hydrogen (secondary N) is 1. The first-order valence-electron chi connectivity index (χ1n) is 8.86. The van der Waals surface area contributed by atoms with E-state index in [1.807, 2.05) is 41.3 Å². The number of carbonyl (C=O) groups excluding carboxylic acids is 1. The smallest absolute Gasteiger partial charge is 0.229 e. The maximum atomic E-state index is 12.4. The largest absolute Gasteiger partial charge is 0.378 e. The number of hydrogen-bond donors (Lipinski definition) is 1. The molecule has 1 fully saturated rings.